The first kappa shape index (κ1) is 34.2. The Bertz CT molecular complexity index is 889. The molecule has 0 spiro atoms. The van der Waals surface area contributed by atoms with Gasteiger partial charge in [0.25, 0.3) is 0 Å². The molecule has 3 heteroatoms. The van der Waals surface area contributed by atoms with Gasteiger partial charge >= 0.3 is 0 Å². The summed E-state index contributed by atoms with van der Waals surface area (Å²) >= 11 is 0. The summed E-state index contributed by atoms with van der Waals surface area (Å²) in [7, 11) is 0. The number of nitrogens with one attached hydrogen (secondary N) is 1. The lowest BCUT2D eigenvalue weighted by atomic mass is 9.86. The molecule has 3 nitrogen and oxygen atoms in total. The van der Waals surface area contributed by atoms with Gasteiger partial charge in [-0.05, 0) is 121 Å². The summed E-state index contributed by atoms with van der Waals surface area (Å²) < 4.78 is 0. The second-order valence-corrected chi connectivity index (χ2v) is 12.6. The van der Waals surface area contributed by atoms with Gasteiger partial charge in [0.2, 0.25) is 0 Å². The van der Waals surface area contributed by atoms with E-state index < -0.39 is 0 Å². The Morgan fingerprint density at radius 2 is 0.900 bits per heavy atom. The van der Waals surface area contributed by atoms with Crippen molar-refractivity contribution in [3.8, 4) is 11.5 Å². The molecule has 0 radical (unpaired) electrons. The minimum absolute atomic E-state index is 0.357. The van der Waals surface area contributed by atoms with Crippen LogP contribution in [0.25, 0.3) is 0 Å². The second kappa shape index (κ2) is 17.1. The Kier molecular flexibility index (Phi) is 14.6. The van der Waals surface area contributed by atoms with Crippen LogP contribution in [0.5, 0.6) is 11.5 Å². The number of hydrogen-bond donors (Lipinski definition) is 3. The summed E-state index contributed by atoms with van der Waals surface area (Å²) in [5.74, 6) is 2.47. The van der Waals surface area contributed by atoms with Crippen LogP contribution in [0.4, 0.5) is 0 Å². The van der Waals surface area contributed by atoms with E-state index in [0.29, 0.717) is 41.2 Å². The predicted octanol–water partition coefficient (Wildman–Crippen LogP) is 10.5. The minimum atomic E-state index is 0.357. The van der Waals surface area contributed by atoms with Crippen LogP contribution >= 0.6 is 0 Å². The van der Waals surface area contributed by atoms with E-state index in [9.17, 15) is 10.2 Å². The van der Waals surface area contributed by atoms with Gasteiger partial charge in [-0.3, -0.25) is 0 Å². The van der Waals surface area contributed by atoms with Gasteiger partial charge in [-0.2, -0.15) is 0 Å². The molecule has 0 aliphatic heterocycles. The van der Waals surface area contributed by atoms with Crippen molar-refractivity contribution in [2.24, 2.45) is 0 Å². The van der Waals surface area contributed by atoms with Gasteiger partial charge in [0.15, 0.2) is 0 Å². The zero-order valence-corrected chi connectivity index (χ0v) is 27.4. The maximum atomic E-state index is 11.1. The molecule has 0 aliphatic rings. The molecule has 4 unspecified atom stereocenters. The smallest absolute Gasteiger partial charge is 0.122 e. The number of phenols is 2. The molecule has 2 rings (SSSR count). The fourth-order valence-electron chi connectivity index (χ4n) is 5.67. The molecule has 0 bridgehead atoms. The molecule has 0 saturated carbocycles. The fraction of sp³-hybridized carbons (Fsp3) is 0.676. The number of phenolic OH excluding ortho intramolecular Hbond substituents is 2. The van der Waals surface area contributed by atoms with Crippen molar-refractivity contribution in [1.82, 2.24) is 5.32 Å². The number of unbranched alkanes of at least 4 members (excludes halogenated alkanes) is 1. The van der Waals surface area contributed by atoms with Crippen LogP contribution in [-0.2, 0) is 12.8 Å². The monoisotopic (exact) mass is 551 g/mol. The van der Waals surface area contributed by atoms with Crippen molar-refractivity contribution in [2.45, 2.75) is 156 Å². The van der Waals surface area contributed by atoms with Crippen molar-refractivity contribution in [2.75, 3.05) is 6.54 Å². The van der Waals surface area contributed by atoms with Gasteiger partial charge < -0.3 is 15.5 Å². The van der Waals surface area contributed by atoms with E-state index in [-0.39, 0.29) is 0 Å². The molecule has 40 heavy (non-hydrogen) atoms. The topological polar surface area (TPSA) is 52.5 Å². The van der Waals surface area contributed by atoms with Gasteiger partial charge in [-0.15, -0.1) is 0 Å². The largest absolute Gasteiger partial charge is 0.507 e. The number of aryl methyl sites for hydroxylation is 2. The molecule has 0 aliphatic carbocycles. The quantitative estimate of drug-likeness (QED) is 0.161. The second-order valence-electron chi connectivity index (χ2n) is 12.6. The normalized spacial score (nSPS) is 15.5. The standard InChI is InChI=1S/C37H61NO2/c1-10-15-20-38-31(18-16-29-21-32(25(6)11-2)36(39)33(22-29)26(7)12-3)19-17-30-23-34(27(8)13-4)37(40)35(24-30)28(9)14-5/h21-28,31,38-40H,10-20H2,1-9H3. The highest BCUT2D eigenvalue weighted by Gasteiger charge is 2.20. The summed E-state index contributed by atoms with van der Waals surface area (Å²) in [6.45, 7) is 21.0. The maximum absolute atomic E-state index is 11.1. The van der Waals surface area contributed by atoms with E-state index in [0.717, 1.165) is 80.2 Å². The van der Waals surface area contributed by atoms with E-state index in [4.69, 9.17) is 0 Å². The van der Waals surface area contributed by atoms with Crippen LogP contribution < -0.4 is 5.32 Å². The number of rotatable bonds is 18. The van der Waals surface area contributed by atoms with Crippen molar-refractivity contribution in [3.63, 3.8) is 0 Å². The third-order valence-electron chi connectivity index (χ3n) is 9.56. The van der Waals surface area contributed by atoms with E-state index in [1.807, 2.05) is 0 Å². The molecule has 2 aromatic carbocycles. The zero-order chi connectivity index (χ0) is 29.8. The average molecular weight is 552 g/mol. The van der Waals surface area contributed by atoms with Crippen LogP contribution in [-0.4, -0.2) is 22.8 Å². The van der Waals surface area contributed by atoms with Crippen LogP contribution in [0, 0.1) is 0 Å². The highest BCUT2D eigenvalue weighted by Crippen LogP contribution is 2.39. The third kappa shape index (κ3) is 9.26. The molecule has 0 amide bonds. The lowest BCUT2D eigenvalue weighted by Gasteiger charge is -2.23. The van der Waals surface area contributed by atoms with E-state index >= 15 is 0 Å². The molecule has 0 fully saturated rings. The highest BCUT2D eigenvalue weighted by atomic mass is 16.3. The van der Waals surface area contributed by atoms with Crippen LogP contribution in [0.15, 0.2) is 24.3 Å². The van der Waals surface area contributed by atoms with Crippen LogP contribution in [0.1, 0.15) is 171 Å². The Balaban J connectivity index is 2.30. The summed E-state index contributed by atoms with van der Waals surface area (Å²) in [6, 6.07) is 9.53. The summed E-state index contributed by atoms with van der Waals surface area (Å²) in [5.41, 5.74) is 7.17. The summed E-state index contributed by atoms with van der Waals surface area (Å²) in [6.07, 6.45) is 10.7. The summed E-state index contributed by atoms with van der Waals surface area (Å²) in [5, 5.41) is 26.1. The number of benzene rings is 2. The van der Waals surface area contributed by atoms with Crippen molar-refractivity contribution in [1.29, 1.82) is 0 Å². The molecule has 2 aromatic rings. The van der Waals surface area contributed by atoms with E-state index in [2.05, 4.69) is 91.9 Å². The Labute approximate surface area is 247 Å². The van der Waals surface area contributed by atoms with Crippen LogP contribution in [0.2, 0.25) is 0 Å². The molecule has 0 saturated heterocycles. The lowest BCUT2D eigenvalue weighted by molar-refractivity contribution is 0.440. The number of hydrogen-bond acceptors (Lipinski definition) is 3. The molecule has 226 valence electrons. The molecular formula is C37H61NO2. The predicted molar refractivity (Wildman–Crippen MR) is 174 cm³/mol. The Hall–Kier alpha value is -2.00. The third-order valence-corrected chi connectivity index (χ3v) is 9.56. The van der Waals surface area contributed by atoms with Gasteiger partial charge in [0, 0.05) is 6.04 Å². The first-order valence-corrected chi connectivity index (χ1v) is 16.6. The molecular weight excluding hydrogens is 490 g/mol. The maximum Gasteiger partial charge on any atom is 0.122 e. The van der Waals surface area contributed by atoms with E-state index in [1.54, 1.807) is 0 Å². The Morgan fingerprint density at radius 3 is 1.18 bits per heavy atom. The molecule has 0 aromatic heterocycles. The SMILES string of the molecule is CCCCNC(CCc1cc(C(C)CC)c(O)c(C(C)CC)c1)CCc1cc(C(C)CC)c(O)c(C(C)CC)c1. The summed E-state index contributed by atoms with van der Waals surface area (Å²) in [4.78, 5) is 0. The van der Waals surface area contributed by atoms with Gasteiger partial charge in [-0.25, -0.2) is 0 Å². The van der Waals surface area contributed by atoms with E-state index in [1.165, 1.54) is 24.0 Å². The van der Waals surface area contributed by atoms with Crippen molar-refractivity contribution >= 4 is 0 Å². The first-order valence-electron chi connectivity index (χ1n) is 16.6. The zero-order valence-electron chi connectivity index (χ0n) is 27.4. The Morgan fingerprint density at radius 1 is 0.575 bits per heavy atom. The minimum Gasteiger partial charge on any atom is -0.507 e. The molecule has 0 heterocycles. The molecule has 4 atom stereocenters. The fourth-order valence-corrected chi connectivity index (χ4v) is 5.67. The lowest BCUT2D eigenvalue weighted by Crippen LogP contribution is -2.31. The van der Waals surface area contributed by atoms with Crippen molar-refractivity contribution in [3.05, 3.63) is 57.6 Å². The molecule has 3 N–H and O–H groups in total. The number of aromatic hydroxyl groups is 2. The average Bonchev–Trinajstić information content (AvgIpc) is 2.97. The van der Waals surface area contributed by atoms with Crippen molar-refractivity contribution < 1.29 is 10.2 Å². The first-order chi connectivity index (χ1) is 19.1. The van der Waals surface area contributed by atoms with Gasteiger partial charge in [0.1, 0.15) is 11.5 Å². The van der Waals surface area contributed by atoms with Gasteiger partial charge in [0.05, 0.1) is 0 Å². The van der Waals surface area contributed by atoms with Gasteiger partial charge in [-0.1, -0.05) is 93.0 Å². The highest BCUT2D eigenvalue weighted by molar-refractivity contribution is 5.48. The van der Waals surface area contributed by atoms with Crippen LogP contribution in [0.3, 0.4) is 0 Å².